The molecule has 0 aliphatic carbocycles. The van der Waals surface area contributed by atoms with Crippen LogP contribution in [0.3, 0.4) is 0 Å². The van der Waals surface area contributed by atoms with Gasteiger partial charge >= 0.3 is 0 Å². The molecule has 0 spiro atoms. The Morgan fingerprint density at radius 3 is 2.95 bits per heavy atom. The lowest BCUT2D eigenvalue weighted by molar-refractivity contribution is 0.0761. The molecule has 1 aliphatic heterocycles. The second kappa shape index (κ2) is 7.73. The first-order chi connectivity index (χ1) is 9.29. The summed E-state index contributed by atoms with van der Waals surface area (Å²) < 4.78 is 5.69. The van der Waals surface area contributed by atoms with Gasteiger partial charge in [-0.25, -0.2) is 0 Å². The van der Waals surface area contributed by atoms with Crippen molar-refractivity contribution in [1.29, 1.82) is 0 Å². The van der Waals surface area contributed by atoms with Crippen LogP contribution in [0.25, 0.3) is 0 Å². The van der Waals surface area contributed by atoms with Crippen molar-refractivity contribution in [2.24, 2.45) is 0 Å². The summed E-state index contributed by atoms with van der Waals surface area (Å²) in [5, 5.41) is 4.17. The quantitative estimate of drug-likeness (QED) is 0.831. The smallest absolute Gasteiger partial charge is 0.0702 e. The molecule has 1 aromatic carbocycles. The zero-order valence-corrected chi connectivity index (χ0v) is 12.3. The molecule has 1 aromatic rings. The van der Waals surface area contributed by atoms with Crippen LogP contribution in [-0.2, 0) is 4.74 Å². The molecule has 1 atom stereocenters. The Bertz CT molecular complexity index is 380. The summed E-state index contributed by atoms with van der Waals surface area (Å²) in [7, 11) is 0. The van der Waals surface area contributed by atoms with Gasteiger partial charge in [0.05, 0.1) is 16.8 Å². The van der Waals surface area contributed by atoms with E-state index < -0.39 is 0 Å². The summed E-state index contributed by atoms with van der Waals surface area (Å²) in [5.74, 6) is 0. The highest BCUT2D eigenvalue weighted by molar-refractivity contribution is 6.33. The topological polar surface area (TPSA) is 24.5 Å². The van der Waals surface area contributed by atoms with Crippen molar-refractivity contribution in [3.63, 3.8) is 0 Å². The number of halogens is 1. The minimum Gasteiger partial charge on any atom is -0.383 e. The number of nitrogens with zero attached hydrogens (tertiary/aromatic N) is 1. The highest BCUT2D eigenvalue weighted by Crippen LogP contribution is 2.20. The largest absolute Gasteiger partial charge is 0.383 e. The number of benzene rings is 1. The molecule has 0 aromatic heterocycles. The van der Waals surface area contributed by atoms with Crippen LogP contribution < -0.4 is 5.32 Å². The minimum absolute atomic E-state index is 0.431. The van der Waals surface area contributed by atoms with Crippen molar-refractivity contribution in [3.8, 4) is 0 Å². The summed E-state index contributed by atoms with van der Waals surface area (Å²) in [4.78, 5) is 2.43. The molecule has 1 heterocycles. The fourth-order valence-electron chi connectivity index (χ4n) is 2.41. The normalized spacial score (nSPS) is 19.0. The summed E-state index contributed by atoms with van der Waals surface area (Å²) in [6.45, 7) is 7.15. The van der Waals surface area contributed by atoms with E-state index in [1.807, 2.05) is 24.3 Å². The second-order valence-corrected chi connectivity index (χ2v) is 5.34. The standard InChI is InChI=1S/C15H23ClN2O/c1-2-18(12-13-6-5-11-19-13)10-9-17-15-8-4-3-7-14(15)16/h3-4,7-8,13,17H,2,5-6,9-12H2,1H3. The Hall–Kier alpha value is -0.770. The maximum absolute atomic E-state index is 6.11. The van der Waals surface area contributed by atoms with Gasteiger partial charge < -0.3 is 10.1 Å². The Kier molecular flexibility index (Phi) is 5.95. The SMILES string of the molecule is CCN(CCNc1ccccc1Cl)CC1CCCO1. The van der Waals surface area contributed by atoms with Gasteiger partial charge in [-0.15, -0.1) is 0 Å². The van der Waals surface area contributed by atoms with Gasteiger partial charge in [-0.3, -0.25) is 4.90 Å². The molecule has 1 fully saturated rings. The van der Waals surface area contributed by atoms with E-state index >= 15 is 0 Å². The van der Waals surface area contributed by atoms with E-state index in [0.717, 1.165) is 43.5 Å². The minimum atomic E-state index is 0.431. The van der Waals surface area contributed by atoms with Crippen molar-refractivity contribution in [1.82, 2.24) is 4.90 Å². The molecule has 19 heavy (non-hydrogen) atoms. The Labute approximate surface area is 120 Å². The molecule has 1 unspecified atom stereocenters. The average molecular weight is 283 g/mol. The monoisotopic (exact) mass is 282 g/mol. The molecule has 3 nitrogen and oxygen atoms in total. The average Bonchev–Trinajstić information content (AvgIpc) is 2.92. The number of ether oxygens (including phenoxy) is 1. The van der Waals surface area contributed by atoms with Gasteiger partial charge in [0.1, 0.15) is 0 Å². The maximum Gasteiger partial charge on any atom is 0.0702 e. The molecule has 1 N–H and O–H groups in total. The molecular weight excluding hydrogens is 260 g/mol. The number of rotatable bonds is 7. The van der Waals surface area contributed by atoms with E-state index in [0.29, 0.717) is 6.10 Å². The zero-order valence-electron chi connectivity index (χ0n) is 11.6. The Balaban J connectivity index is 1.72. The predicted molar refractivity (Wildman–Crippen MR) is 81.0 cm³/mol. The first-order valence-electron chi connectivity index (χ1n) is 7.12. The fraction of sp³-hybridized carbons (Fsp3) is 0.600. The Morgan fingerprint density at radius 1 is 1.42 bits per heavy atom. The van der Waals surface area contributed by atoms with Gasteiger partial charge in [-0.2, -0.15) is 0 Å². The van der Waals surface area contributed by atoms with Crippen LogP contribution >= 0.6 is 11.6 Å². The zero-order chi connectivity index (χ0) is 13.5. The highest BCUT2D eigenvalue weighted by Gasteiger charge is 2.18. The van der Waals surface area contributed by atoms with Crippen LogP contribution in [0.5, 0.6) is 0 Å². The van der Waals surface area contributed by atoms with Crippen LogP contribution in [0.4, 0.5) is 5.69 Å². The van der Waals surface area contributed by atoms with Crippen LogP contribution in [-0.4, -0.2) is 43.8 Å². The summed E-state index contributed by atoms with van der Waals surface area (Å²) >= 11 is 6.11. The van der Waals surface area contributed by atoms with Crippen molar-refractivity contribution >= 4 is 17.3 Å². The molecule has 1 saturated heterocycles. The van der Waals surface area contributed by atoms with Crippen LogP contribution in [0.2, 0.25) is 5.02 Å². The Morgan fingerprint density at radius 2 is 2.26 bits per heavy atom. The molecule has 0 radical (unpaired) electrons. The highest BCUT2D eigenvalue weighted by atomic mass is 35.5. The van der Waals surface area contributed by atoms with E-state index in [2.05, 4.69) is 17.1 Å². The summed E-state index contributed by atoms with van der Waals surface area (Å²) in [5.41, 5.74) is 1.01. The first kappa shape index (κ1) is 14.6. The van der Waals surface area contributed by atoms with Crippen LogP contribution in [0.15, 0.2) is 24.3 Å². The van der Waals surface area contributed by atoms with Crippen molar-refractivity contribution in [3.05, 3.63) is 29.3 Å². The van der Waals surface area contributed by atoms with Crippen molar-refractivity contribution in [2.45, 2.75) is 25.9 Å². The number of hydrogen-bond donors (Lipinski definition) is 1. The third kappa shape index (κ3) is 4.68. The van der Waals surface area contributed by atoms with Gasteiger partial charge in [-0.1, -0.05) is 30.7 Å². The fourth-order valence-corrected chi connectivity index (χ4v) is 2.61. The number of anilines is 1. The van der Waals surface area contributed by atoms with E-state index in [4.69, 9.17) is 16.3 Å². The first-order valence-corrected chi connectivity index (χ1v) is 7.49. The number of hydrogen-bond acceptors (Lipinski definition) is 3. The number of nitrogens with one attached hydrogen (secondary N) is 1. The van der Waals surface area contributed by atoms with Crippen LogP contribution in [0, 0.1) is 0 Å². The maximum atomic E-state index is 6.11. The lowest BCUT2D eigenvalue weighted by Gasteiger charge is -2.24. The van der Waals surface area contributed by atoms with E-state index in [1.54, 1.807) is 0 Å². The molecule has 0 amide bonds. The summed E-state index contributed by atoms with van der Waals surface area (Å²) in [6.07, 6.45) is 2.84. The molecule has 106 valence electrons. The van der Waals surface area contributed by atoms with Gasteiger partial charge in [0.15, 0.2) is 0 Å². The van der Waals surface area contributed by atoms with E-state index in [9.17, 15) is 0 Å². The van der Waals surface area contributed by atoms with Gasteiger partial charge in [0, 0.05) is 26.2 Å². The molecular formula is C15H23ClN2O. The predicted octanol–water partition coefficient (Wildman–Crippen LogP) is 3.25. The third-order valence-corrected chi connectivity index (χ3v) is 3.88. The lowest BCUT2D eigenvalue weighted by Crippen LogP contribution is -2.35. The van der Waals surface area contributed by atoms with E-state index in [-0.39, 0.29) is 0 Å². The van der Waals surface area contributed by atoms with Gasteiger partial charge in [0.2, 0.25) is 0 Å². The molecule has 0 bridgehead atoms. The molecule has 4 heteroatoms. The number of para-hydroxylation sites is 1. The third-order valence-electron chi connectivity index (χ3n) is 3.55. The summed E-state index contributed by atoms with van der Waals surface area (Å²) in [6, 6.07) is 7.87. The lowest BCUT2D eigenvalue weighted by atomic mass is 10.2. The van der Waals surface area contributed by atoms with Gasteiger partial charge in [-0.05, 0) is 31.5 Å². The van der Waals surface area contributed by atoms with Gasteiger partial charge in [0.25, 0.3) is 0 Å². The van der Waals surface area contributed by atoms with Crippen molar-refractivity contribution in [2.75, 3.05) is 38.1 Å². The van der Waals surface area contributed by atoms with Crippen molar-refractivity contribution < 1.29 is 4.74 Å². The second-order valence-electron chi connectivity index (χ2n) is 4.93. The van der Waals surface area contributed by atoms with E-state index in [1.165, 1.54) is 12.8 Å². The molecule has 0 saturated carbocycles. The molecule has 1 aliphatic rings. The number of likely N-dealkylation sites (N-methyl/N-ethyl adjacent to an activating group) is 1. The van der Waals surface area contributed by atoms with Crippen LogP contribution in [0.1, 0.15) is 19.8 Å². The molecule has 2 rings (SSSR count).